The van der Waals surface area contributed by atoms with Crippen molar-refractivity contribution in [2.75, 3.05) is 0 Å². The molecule has 0 aromatic carbocycles. The molecular formula is C13H13F2N3. The molecule has 1 N–H and O–H groups in total. The average molecular weight is 249 g/mol. The zero-order chi connectivity index (χ0) is 12.8. The lowest BCUT2D eigenvalue weighted by Gasteiger charge is -2.05. The summed E-state index contributed by atoms with van der Waals surface area (Å²) in [5.41, 5.74) is 0.736. The molecule has 5 heteroatoms. The number of rotatable bonds is 3. The van der Waals surface area contributed by atoms with Gasteiger partial charge in [-0.1, -0.05) is 0 Å². The summed E-state index contributed by atoms with van der Waals surface area (Å²) < 4.78 is 26.5. The van der Waals surface area contributed by atoms with E-state index < -0.39 is 11.3 Å². The van der Waals surface area contributed by atoms with E-state index in [1.807, 2.05) is 12.1 Å². The van der Waals surface area contributed by atoms with Crippen molar-refractivity contribution in [3.63, 3.8) is 0 Å². The molecule has 0 aliphatic heterocycles. The van der Waals surface area contributed by atoms with Gasteiger partial charge in [-0.3, -0.25) is 4.98 Å². The van der Waals surface area contributed by atoms with Crippen LogP contribution in [0.25, 0.3) is 0 Å². The molecule has 1 atom stereocenters. The Labute approximate surface area is 103 Å². The number of nitrogens with zero attached hydrogens (tertiary/aromatic N) is 2. The Morgan fingerprint density at radius 3 is 2.61 bits per heavy atom. The Balaban J connectivity index is 1.79. The summed E-state index contributed by atoms with van der Waals surface area (Å²) in [4.78, 5) is 11.1. The van der Waals surface area contributed by atoms with Crippen LogP contribution in [0.2, 0.25) is 0 Å². The lowest BCUT2D eigenvalue weighted by molar-refractivity contribution is 0.0902. The molecule has 1 unspecified atom stereocenters. The van der Waals surface area contributed by atoms with Crippen LogP contribution in [0, 0.1) is 0 Å². The second-order valence-electron chi connectivity index (χ2n) is 4.99. The van der Waals surface area contributed by atoms with Gasteiger partial charge in [-0.05, 0) is 24.6 Å². The number of alkyl halides is 2. The van der Waals surface area contributed by atoms with Gasteiger partial charge in [0, 0.05) is 31.4 Å². The van der Waals surface area contributed by atoms with Gasteiger partial charge in [-0.15, -0.1) is 0 Å². The van der Waals surface area contributed by atoms with E-state index in [2.05, 4.69) is 15.0 Å². The molecule has 1 aliphatic rings. The minimum Gasteiger partial charge on any atom is -0.348 e. The first-order valence-electron chi connectivity index (χ1n) is 5.83. The van der Waals surface area contributed by atoms with Crippen LogP contribution in [0.1, 0.15) is 30.4 Å². The summed E-state index contributed by atoms with van der Waals surface area (Å²) in [5, 5.41) is 0. The quantitative estimate of drug-likeness (QED) is 0.908. The Morgan fingerprint density at radius 2 is 2.00 bits per heavy atom. The molecule has 0 amide bonds. The van der Waals surface area contributed by atoms with E-state index >= 15 is 0 Å². The van der Waals surface area contributed by atoms with Crippen LogP contribution in [0.3, 0.4) is 0 Å². The van der Waals surface area contributed by atoms with Crippen LogP contribution < -0.4 is 0 Å². The minimum absolute atomic E-state index is 0.123. The highest BCUT2D eigenvalue weighted by molar-refractivity contribution is 5.29. The first-order chi connectivity index (χ1) is 8.51. The Hall–Kier alpha value is -1.78. The average Bonchev–Trinajstić information content (AvgIpc) is 2.71. The molecule has 0 saturated heterocycles. The topological polar surface area (TPSA) is 41.6 Å². The number of hydrogen-bond donors (Lipinski definition) is 1. The van der Waals surface area contributed by atoms with E-state index in [0.29, 0.717) is 12.2 Å². The monoisotopic (exact) mass is 249 g/mol. The van der Waals surface area contributed by atoms with Gasteiger partial charge in [0.25, 0.3) is 5.92 Å². The fraction of sp³-hybridized carbons (Fsp3) is 0.385. The van der Waals surface area contributed by atoms with Gasteiger partial charge in [-0.25, -0.2) is 13.8 Å². The van der Waals surface area contributed by atoms with Crippen LogP contribution in [0.15, 0.2) is 30.7 Å². The highest BCUT2D eigenvalue weighted by atomic mass is 19.3. The van der Waals surface area contributed by atoms with Crippen molar-refractivity contribution in [3.05, 3.63) is 47.8 Å². The number of aromatic amines is 1. The molecule has 1 saturated carbocycles. The molecule has 1 aliphatic carbocycles. The molecular weight excluding hydrogens is 236 g/mol. The number of nitrogens with one attached hydrogen (secondary N) is 1. The molecule has 18 heavy (non-hydrogen) atoms. The van der Waals surface area contributed by atoms with Gasteiger partial charge in [0.1, 0.15) is 5.82 Å². The fourth-order valence-corrected chi connectivity index (χ4v) is 2.10. The SMILES string of the molecule is CC1(c2nc(Cc3ccncc3)c[nH]2)CC1(F)F. The summed E-state index contributed by atoms with van der Waals surface area (Å²) in [6.45, 7) is 1.54. The predicted molar refractivity (Wildman–Crippen MR) is 62.5 cm³/mol. The van der Waals surface area contributed by atoms with E-state index in [9.17, 15) is 8.78 Å². The van der Waals surface area contributed by atoms with E-state index in [-0.39, 0.29) is 6.42 Å². The Bertz CT molecular complexity index is 565. The summed E-state index contributed by atoms with van der Waals surface area (Å²) in [5.74, 6) is -2.24. The van der Waals surface area contributed by atoms with Crippen molar-refractivity contribution in [1.82, 2.24) is 15.0 Å². The second-order valence-corrected chi connectivity index (χ2v) is 4.99. The van der Waals surface area contributed by atoms with Crippen LogP contribution in [-0.4, -0.2) is 20.9 Å². The number of halogens is 2. The number of imidazole rings is 1. The Kier molecular flexibility index (Phi) is 2.27. The van der Waals surface area contributed by atoms with Crippen molar-refractivity contribution in [2.45, 2.75) is 31.1 Å². The smallest absolute Gasteiger partial charge is 0.261 e. The number of hydrogen-bond acceptors (Lipinski definition) is 2. The normalized spacial score (nSPS) is 25.1. The maximum absolute atomic E-state index is 13.2. The summed E-state index contributed by atoms with van der Waals surface area (Å²) in [6.07, 6.45) is 5.62. The molecule has 3 rings (SSSR count). The van der Waals surface area contributed by atoms with Crippen molar-refractivity contribution in [1.29, 1.82) is 0 Å². The lowest BCUT2D eigenvalue weighted by atomic mass is 10.1. The second kappa shape index (κ2) is 3.60. The Morgan fingerprint density at radius 1 is 1.33 bits per heavy atom. The number of pyridine rings is 1. The van der Waals surface area contributed by atoms with Crippen LogP contribution >= 0.6 is 0 Å². The van der Waals surface area contributed by atoms with Crippen LogP contribution in [0.5, 0.6) is 0 Å². The molecule has 3 nitrogen and oxygen atoms in total. The molecule has 94 valence electrons. The van der Waals surface area contributed by atoms with Crippen LogP contribution in [0.4, 0.5) is 8.78 Å². The van der Waals surface area contributed by atoms with Gasteiger partial charge in [0.2, 0.25) is 0 Å². The highest BCUT2D eigenvalue weighted by Gasteiger charge is 2.70. The van der Waals surface area contributed by atoms with Gasteiger partial charge in [0.05, 0.1) is 11.1 Å². The van der Waals surface area contributed by atoms with E-state index in [1.165, 1.54) is 0 Å². The zero-order valence-corrected chi connectivity index (χ0v) is 9.95. The molecule has 2 aromatic rings. The summed E-state index contributed by atoms with van der Waals surface area (Å²) >= 11 is 0. The van der Waals surface area contributed by atoms with Gasteiger partial charge in [-0.2, -0.15) is 0 Å². The third-order valence-corrected chi connectivity index (χ3v) is 3.55. The van der Waals surface area contributed by atoms with Crippen molar-refractivity contribution in [2.24, 2.45) is 0 Å². The van der Waals surface area contributed by atoms with Crippen molar-refractivity contribution >= 4 is 0 Å². The van der Waals surface area contributed by atoms with Gasteiger partial charge in [0.15, 0.2) is 0 Å². The number of aromatic nitrogens is 3. The highest BCUT2D eigenvalue weighted by Crippen LogP contribution is 2.60. The third kappa shape index (κ3) is 1.70. The fourth-order valence-electron chi connectivity index (χ4n) is 2.10. The summed E-state index contributed by atoms with van der Waals surface area (Å²) in [6, 6.07) is 3.78. The van der Waals surface area contributed by atoms with E-state index in [4.69, 9.17) is 0 Å². The zero-order valence-electron chi connectivity index (χ0n) is 9.95. The molecule has 2 heterocycles. The van der Waals surface area contributed by atoms with E-state index in [0.717, 1.165) is 11.3 Å². The molecule has 1 fully saturated rings. The van der Waals surface area contributed by atoms with Gasteiger partial charge >= 0.3 is 0 Å². The van der Waals surface area contributed by atoms with Crippen molar-refractivity contribution in [3.8, 4) is 0 Å². The standard InChI is InChI=1S/C13H13F2N3/c1-12(8-13(12,14)15)11-17-7-10(18-11)6-9-2-4-16-5-3-9/h2-5,7H,6,8H2,1H3,(H,17,18). The first kappa shape index (κ1) is 11.3. The van der Waals surface area contributed by atoms with Crippen molar-refractivity contribution < 1.29 is 8.78 Å². The largest absolute Gasteiger partial charge is 0.348 e. The first-order valence-corrected chi connectivity index (χ1v) is 5.83. The number of H-pyrrole nitrogens is 1. The maximum atomic E-state index is 13.2. The van der Waals surface area contributed by atoms with Gasteiger partial charge < -0.3 is 4.98 Å². The van der Waals surface area contributed by atoms with E-state index in [1.54, 1.807) is 25.5 Å². The maximum Gasteiger partial charge on any atom is 0.261 e. The molecule has 0 bridgehead atoms. The summed E-state index contributed by atoms with van der Waals surface area (Å²) in [7, 11) is 0. The van der Waals surface area contributed by atoms with Crippen LogP contribution in [-0.2, 0) is 11.8 Å². The third-order valence-electron chi connectivity index (χ3n) is 3.55. The lowest BCUT2D eigenvalue weighted by Crippen LogP contribution is -2.13. The molecule has 2 aromatic heterocycles. The predicted octanol–water partition coefficient (Wildman–Crippen LogP) is 2.69. The molecule has 0 radical (unpaired) electrons. The molecule has 0 spiro atoms. The minimum atomic E-state index is -2.63.